The van der Waals surface area contributed by atoms with Crippen molar-refractivity contribution >= 4 is 33.5 Å². The van der Waals surface area contributed by atoms with Crippen molar-refractivity contribution in [2.75, 3.05) is 0 Å². The molecular formula is C22H26O6S2. The van der Waals surface area contributed by atoms with Gasteiger partial charge >= 0.3 is 11.9 Å². The van der Waals surface area contributed by atoms with Crippen LogP contribution in [0.25, 0.3) is 0 Å². The van der Waals surface area contributed by atoms with Crippen LogP contribution < -0.4 is 9.47 Å². The van der Waals surface area contributed by atoms with E-state index >= 15 is 0 Å². The third-order valence-corrected chi connectivity index (χ3v) is 7.67. The predicted octanol–water partition coefficient (Wildman–Crippen LogP) is 5.60. The van der Waals surface area contributed by atoms with Crippen molar-refractivity contribution in [3.8, 4) is 23.0 Å². The molecule has 0 aliphatic heterocycles. The minimum absolute atomic E-state index is 0.131. The van der Waals surface area contributed by atoms with E-state index in [9.17, 15) is 19.8 Å². The van der Waals surface area contributed by atoms with E-state index in [0.29, 0.717) is 54.7 Å². The van der Waals surface area contributed by atoms with Gasteiger partial charge in [-0.25, -0.2) is 0 Å². The molecular weight excluding hydrogens is 424 g/mol. The number of phenolic OH excluding ortho intramolecular Hbond substituents is 2. The fourth-order valence-corrected chi connectivity index (χ4v) is 5.83. The van der Waals surface area contributed by atoms with Gasteiger partial charge in [0.1, 0.15) is 23.0 Å². The first kappa shape index (κ1) is 24.0. The molecule has 2 aromatic rings. The quantitative estimate of drug-likeness (QED) is 0.345. The fourth-order valence-electron chi connectivity index (χ4n) is 2.97. The molecule has 0 aliphatic carbocycles. The van der Waals surface area contributed by atoms with Crippen molar-refractivity contribution in [2.24, 2.45) is 0 Å². The van der Waals surface area contributed by atoms with E-state index in [2.05, 4.69) is 0 Å². The van der Waals surface area contributed by atoms with Gasteiger partial charge in [0.15, 0.2) is 0 Å². The SMILES string of the molecule is CC(=O)Oc1c(C)c(C)c(O)c(C)c1SSc1c(C)c(O)c(C)c(C)c1OC(C)=O. The summed E-state index contributed by atoms with van der Waals surface area (Å²) in [4.78, 5) is 24.5. The molecule has 0 radical (unpaired) electrons. The van der Waals surface area contributed by atoms with E-state index in [-0.39, 0.29) is 11.5 Å². The Morgan fingerprint density at radius 1 is 0.600 bits per heavy atom. The lowest BCUT2D eigenvalue weighted by atomic mass is 10.0. The van der Waals surface area contributed by atoms with E-state index in [1.54, 1.807) is 41.5 Å². The Morgan fingerprint density at radius 3 is 1.17 bits per heavy atom. The van der Waals surface area contributed by atoms with E-state index < -0.39 is 11.9 Å². The van der Waals surface area contributed by atoms with Gasteiger partial charge in [-0.15, -0.1) is 0 Å². The summed E-state index contributed by atoms with van der Waals surface area (Å²) in [6.07, 6.45) is 0. The molecule has 2 rings (SSSR count). The molecule has 0 spiro atoms. The Kier molecular flexibility index (Phi) is 7.36. The van der Waals surface area contributed by atoms with Crippen molar-refractivity contribution < 1.29 is 29.3 Å². The van der Waals surface area contributed by atoms with E-state index in [4.69, 9.17) is 9.47 Å². The van der Waals surface area contributed by atoms with Crippen LogP contribution in [0.15, 0.2) is 9.79 Å². The van der Waals surface area contributed by atoms with Crippen LogP contribution in [0.5, 0.6) is 23.0 Å². The van der Waals surface area contributed by atoms with Gasteiger partial charge in [0.05, 0.1) is 9.79 Å². The Bertz CT molecular complexity index is 960. The number of hydrogen-bond acceptors (Lipinski definition) is 8. The van der Waals surface area contributed by atoms with Crippen molar-refractivity contribution in [2.45, 2.75) is 65.2 Å². The maximum atomic E-state index is 11.7. The maximum absolute atomic E-state index is 11.7. The fraction of sp³-hybridized carbons (Fsp3) is 0.364. The van der Waals surface area contributed by atoms with E-state index in [1.165, 1.54) is 35.4 Å². The van der Waals surface area contributed by atoms with Crippen LogP contribution >= 0.6 is 21.6 Å². The molecule has 2 N–H and O–H groups in total. The molecule has 0 atom stereocenters. The van der Waals surface area contributed by atoms with Crippen molar-refractivity contribution in [1.29, 1.82) is 0 Å². The van der Waals surface area contributed by atoms with Gasteiger partial charge in [-0.2, -0.15) is 0 Å². The number of rotatable bonds is 5. The summed E-state index contributed by atoms with van der Waals surface area (Å²) in [6, 6.07) is 0. The molecule has 0 saturated heterocycles. The molecule has 0 fully saturated rings. The monoisotopic (exact) mass is 450 g/mol. The number of esters is 2. The van der Waals surface area contributed by atoms with Crippen molar-refractivity contribution in [3.63, 3.8) is 0 Å². The van der Waals surface area contributed by atoms with Gasteiger partial charge in [-0.3, -0.25) is 9.59 Å². The first-order valence-corrected chi connectivity index (χ1v) is 11.4. The molecule has 30 heavy (non-hydrogen) atoms. The Hall–Kier alpha value is -2.32. The lowest BCUT2D eigenvalue weighted by Crippen LogP contribution is -2.07. The molecule has 0 aliphatic rings. The molecule has 0 heterocycles. The number of ether oxygens (including phenoxy) is 2. The summed E-state index contributed by atoms with van der Waals surface area (Å²) in [5.41, 5.74) is 3.75. The topological polar surface area (TPSA) is 93.1 Å². The molecule has 0 saturated carbocycles. The first-order chi connectivity index (χ1) is 13.9. The molecule has 0 bridgehead atoms. The normalized spacial score (nSPS) is 10.8. The molecule has 8 heteroatoms. The van der Waals surface area contributed by atoms with Crippen molar-refractivity contribution in [3.05, 3.63) is 33.4 Å². The number of aromatic hydroxyl groups is 2. The van der Waals surface area contributed by atoms with Crippen molar-refractivity contribution in [1.82, 2.24) is 0 Å². The van der Waals surface area contributed by atoms with Crippen LogP contribution in [0.1, 0.15) is 47.2 Å². The van der Waals surface area contributed by atoms with E-state index in [1.807, 2.05) is 0 Å². The third kappa shape index (κ3) is 4.54. The highest BCUT2D eigenvalue weighted by atomic mass is 33.1. The molecule has 0 unspecified atom stereocenters. The molecule has 2 aromatic carbocycles. The second-order valence-electron chi connectivity index (χ2n) is 7.12. The van der Waals surface area contributed by atoms with Gasteiger partial charge in [0, 0.05) is 25.0 Å². The van der Waals surface area contributed by atoms with Crippen LogP contribution in [-0.4, -0.2) is 22.2 Å². The summed E-state index contributed by atoms with van der Waals surface area (Å²) >= 11 is 0. The zero-order valence-electron chi connectivity index (χ0n) is 18.3. The van der Waals surface area contributed by atoms with Crippen LogP contribution in [0.4, 0.5) is 0 Å². The minimum atomic E-state index is -0.463. The highest BCUT2D eigenvalue weighted by Gasteiger charge is 2.24. The molecule has 0 amide bonds. The largest absolute Gasteiger partial charge is 0.507 e. The zero-order valence-corrected chi connectivity index (χ0v) is 20.0. The first-order valence-electron chi connectivity index (χ1n) is 9.25. The summed E-state index contributed by atoms with van der Waals surface area (Å²) in [5.74, 6) is 0.0999. The number of benzene rings is 2. The smallest absolute Gasteiger partial charge is 0.308 e. The third-order valence-electron chi connectivity index (χ3n) is 5.02. The van der Waals surface area contributed by atoms with Crippen LogP contribution in [-0.2, 0) is 9.59 Å². The average Bonchev–Trinajstić information content (AvgIpc) is 2.67. The van der Waals surface area contributed by atoms with Crippen LogP contribution in [0, 0.1) is 41.5 Å². The summed E-state index contributed by atoms with van der Waals surface area (Å²) in [6.45, 7) is 13.2. The molecule has 162 valence electrons. The standard InChI is InChI=1S/C22H26O6S2/c1-9-11(3)19(27-15(7)23)21(13(5)17(9)25)29-30-22-14(6)18(26)10(2)12(4)20(22)28-16(8)24/h25-26H,1-8H3. The maximum Gasteiger partial charge on any atom is 0.308 e. The summed E-state index contributed by atoms with van der Waals surface area (Å²) in [7, 11) is 2.52. The van der Waals surface area contributed by atoms with Gasteiger partial charge < -0.3 is 19.7 Å². The molecule has 6 nitrogen and oxygen atoms in total. The Morgan fingerprint density at radius 2 is 0.900 bits per heavy atom. The minimum Gasteiger partial charge on any atom is -0.507 e. The number of carbonyl (C=O) groups excluding carboxylic acids is 2. The molecule has 0 aromatic heterocycles. The number of phenols is 2. The van der Waals surface area contributed by atoms with Gasteiger partial charge in [-0.05, 0) is 85.4 Å². The van der Waals surface area contributed by atoms with Crippen LogP contribution in [0.2, 0.25) is 0 Å². The lowest BCUT2D eigenvalue weighted by molar-refractivity contribution is -0.133. The highest BCUT2D eigenvalue weighted by molar-refractivity contribution is 8.76. The Balaban J connectivity index is 2.62. The summed E-state index contributed by atoms with van der Waals surface area (Å²) < 4.78 is 10.9. The van der Waals surface area contributed by atoms with Gasteiger partial charge in [0.25, 0.3) is 0 Å². The van der Waals surface area contributed by atoms with Gasteiger partial charge in [-0.1, -0.05) is 0 Å². The number of hydrogen-bond donors (Lipinski definition) is 2. The number of carbonyl (C=O) groups is 2. The highest BCUT2D eigenvalue weighted by Crippen LogP contribution is 2.53. The lowest BCUT2D eigenvalue weighted by Gasteiger charge is -2.20. The second kappa shape index (κ2) is 9.22. The second-order valence-corrected chi connectivity index (χ2v) is 9.27. The van der Waals surface area contributed by atoms with Gasteiger partial charge in [0.2, 0.25) is 0 Å². The van der Waals surface area contributed by atoms with Crippen LogP contribution in [0.3, 0.4) is 0 Å². The average molecular weight is 451 g/mol. The zero-order chi connectivity index (χ0) is 22.9. The predicted molar refractivity (Wildman–Crippen MR) is 119 cm³/mol. The Labute approximate surface area is 184 Å². The summed E-state index contributed by atoms with van der Waals surface area (Å²) in [5, 5.41) is 21.0. The van der Waals surface area contributed by atoms with E-state index in [0.717, 1.165) is 0 Å².